The predicted molar refractivity (Wildman–Crippen MR) is 114 cm³/mol. The summed E-state index contributed by atoms with van der Waals surface area (Å²) in [4.78, 5) is 42.0. The molecule has 31 heavy (non-hydrogen) atoms. The van der Waals surface area contributed by atoms with E-state index >= 15 is 0 Å². The smallest absolute Gasteiger partial charge is 0.306 e. The molecule has 0 spiro atoms. The van der Waals surface area contributed by atoms with Gasteiger partial charge in [0, 0.05) is 24.3 Å². The van der Waals surface area contributed by atoms with E-state index in [9.17, 15) is 9.59 Å². The number of carbonyl (C=O) groups excluding carboxylic acids is 1. The van der Waals surface area contributed by atoms with E-state index in [2.05, 4.69) is 25.3 Å². The number of rotatable bonds is 5. The molecule has 1 amide bonds. The molecule has 3 aromatic rings. The number of carboxylic acid groups (broad SMARTS) is 1. The third kappa shape index (κ3) is 4.44. The maximum absolute atomic E-state index is 12.7. The highest BCUT2D eigenvalue weighted by Gasteiger charge is 2.27. The first kappa shape index (κ1) is 20.3. The quantitative estimate of drug-likeness (QED) is 0.467. The predicted octanol–water partition coefficient (Wildman–Crippen LogP) is 1.13. The van der Waals surface area contributed by atoms with Crippen LogP contribution in [0.1, 0.15) is 28.9 Å². The zero-order valence-corrected chi connectivity index (χ0v) is 16.7. The third-order valence-electron chi connectivity index (χ3n) is 5.24. The maximum atomic E-state index is 12.7. The van der Waals surface area contributed by atoms with E-state index in [-0.39, 0.29) is 23.6 Å². The molecule has 2 aromatic heterocycles. The fourth-order valence-electron chi connectivity index (χ4n) is 3.50. The monoisotopic (exact) mass is 422 g/mol. The number of carbonyl (C=O) groups is 2. The van der Waals surface area contributed by atoms with Crippen molar-refractivity contribution in [3.05, 3.63) is 41.7 Å². The number of fused-ring (bicyclic) bond motifs is 1. The highest BCUT2D eigenvalue weighted by molar-refractivity contribution is 5.94. The van der Waals surface area contributed by atoms with Crippen LogP contribution in [-0.4, -0.2) is 54.9 Å². The lowest BCUT2D eigenvalue weighted by molar-refractivity contribution is -0.143. The van der Waals surface area contributed by atoms with Crippen LogP contribution in [0.5, 0.6) is 0 Å². The number of hydrogen-bond donors (Lipinski definition) is 4. The van der Waals surface area contributed by atoms with Gasteiger partial charge in [0.05, 0.1) is 24.4 Å². The number of benzene rings is 1. The normalized spacial score (nSPS) is 14.5. The van der Waals surface area contributed by atoms with Gasteiger partial charge in [0.2, 0.25) is 5.95 Å². The van der Waals surface area contributed by atoms with E-state index in [0.717, 1.165) is 5.69 Å². The number of aromatic nitrogens is 4. The van der Waals surface area contributed by atoms with Gasteiger partial charge in [-0.25, -0.2) is 9.97 Å². The van der Waals surface area contributed by atoms with Gasteiger partial charge in [-0.2, -0.15) is 9.97 Å². The number of nitrogens with one attached hydrogen (secondary N) is 1. The summed E-state index contributed by atoms with van der Waals surface area (Å²) in [6, 6.07) is 7.11. The van der Waals surface area contributed by atoms with Crippen LogP contribution in [-0.2, 0) is 11.3 Å². The van der Waals surface area contributed by atoms with Crippen LogP contribution in [0.4, 0.5) is 17.5 Å². The topological polar surface area (TPSA) is 173 Å². The summed E-state index contributed by atoms with van der Waals surface area (Å²) in [6.45, 7) is 1.30. The number of likely N-dealkylation sites (tertiary alicyclic amines) is 1. The van der Waals surface area contributed by atoms with E-state index in [0.29, 0.717) is 54.9 Å². The van der Waals surface area contributed by atoms with Crippen LogP contribution >= 0.6 is 0 Å². The molecule has 11 heteroatoms. The first-order valence-electron chi connectivity index (χ1n) is 9.81. The Kier molecular flexibility index (Phi) is 5.48. The van der Waals surface area contributed by atoms with Crippen LogP contribution in [0.2, 0.25) is 0 Å². The number of anilines is 3. The summed E-state index contributed by atoms with van der Waals surface area (Å²) in [5.74, 6) is -1.03. The summed E-state index contributed by atoms with van der Waals surface area (Å²) in [7, 11) is 0. The molecule has 1 fully saturated rings. The highest BCUT2D eigenvalue weighted by Crippen LogP contribution is 2.20. The number of nitrogens with two attached hydrogens (primary N) is 2. The second-order valence-corrected chi connectivity index (χ2v) is 7.34. The standard InChI is InChI=1S/C20H22N8O3/c21-16-15-17(27-20(22)26-16)24-10-14(25-15)9-23-13-3-1-11(2-4-13)18(29)28-7-5-12(6-8-28)19(30)31/h1-4,10,12,23H,5-9H2,(H,30,31)(H4,21,22,24,26,27). The fraction of sp³-hybridized carbons (Fsp3) is 0.300. The number of piperidine rings is 1. The Morgan fingerprint density at radius 3 is 2.48 bits per heavy atom. The van der Waals surface area contributed by atoms with Gasteiger partial charge in [-0.3, -0.25) is 9.59 Å². The van der Waals surface area contributed by atoms with Crippen LogP contribution in [0.3, 0.4) is 0 Å². The number of nitrogens with zero attached hydrogens (tertiary/aromatic N) is 5. The van der Waals surface area contributed by atoms with Crippen molar-refractivity contribution in [2.75, 3.05) is 29.9 Å². The molecule has 160 valence electrons. The zero-order valence-electron chi connectivity index (χ0n) is 16.7. The van der Waals surface area contributed by atoms with Crippen LogP contribution in [0.15, 0.2) is 30.5 Å². The Bertz CT molecular complexity index is 1130. The Morgan fingerprint density at radius 1 is 1.10 bits per heavy atom. The van der Waals surface area contributed by atoms with E-state index in [1.807, 2.05) is 12.1 Å². The number of hydrogen-bond acceptors (Lipinski definition) is 9. The average Bonchev–Trinajstić information content (AvgIpc) is 2.77. The third-order valence-corrected chi connectivity index (χ3v) is 5.24. The largest absolute Gasteiger partial charge is 0.481 e. The molecule has 4 rings (SSSR count). The Balaban J connectivity index is 1.37. The molecule has 0 unspecified atom stereocenters. The summed E-state index contributed by atoms with van der Waals surface area (Å²) >= 11 is 0. The van der Waals surface area contributed by atoms with Crippen LogP contribution in [0, 0.1) is 5.92 Å². The summed E-state index contributed by atoms with van der Waals surface area (Å²) in [5.41, 5.74) is 14.2. The minimum Gasteiger partial charge on any atom is -0.481 e. The number of amides is 1. The molecule has 1 aliphatic heterocycles. The van der Waals surface area contributed by atoms with Crippen molar-refractivity contribution in [2.24, 2.45) is 5.92 Å². The lowest BCUT2D eigenvalue weighted by Crippen LogP contribution is -2.40. The molecule has 0 radical (unpaired) electrons. The van der Waals surface area contributed by atoms with Crippen molar-refractivity contribution >= 4 is 40.5 Å². The lowest BCUT2D eigenvalue weighted by atomic mass is 9.96. The van der Waals surface area contributed by atoms with Crippen molar-refractivity contribution in [3.63, 3.8) is 0 Å². The maximum Gasteiger partial charge on any atom is 0.306 e. The molecule has 0 aliphatic carbocycles. The molecule has 0 bridgehead atoms. The van der Waals surface area contributed by atoms with Gasteiger partial charge in [-0.15, -0.1) is 0 Å². The van der Waals surface area contributed by atoms with Gasteiger partial charge in [0.1, 0.15) is 0 Å². The molecule has 0 atom stereocenters. The molecule has 6 N–H and O–H groups in total. The summed E-state index contributed by atoms with van der Waals surface area (Å²) in [6.07, 6.45) is 2.55. The van der Waals surface area contributed by atoms with Crippen molar-refractivity contribution in [2.45, 2.75) is 19.4 Å². The van der Waals surface area contributed by atoms with Crippen molar-refractivity contribution in [1.29, 1.82) is 0 Å². The van der Waals surface area contributed by atoms with E-state index in [4.69, 9.17) is 16.6 Å². The second-order valence-electron chi connectivity index (χ2n) is 7.34. The number of nitrogen functional groups attached to an aromatic ring is 2. The van der Waals surface area contributed by atoms with Gasteiger partial charge < -0.3 is 26.8 Å². The van der Waals surface area contributed by atoms with E-state index in [1.165, 1.54) is 0 Å². The minimum atomic E-state index is -0.794. The highest BCUT2D eigenvalue weighted by atomic mass is 16.4. The Labute approximate surface area is 177 Å². The van der Waals surface area contributed by atoms with Crippen molar-refractivity contribution in [3.8, 4) is 0 Å². The average molecular weight is 422 g/mol. The van der Waals surface area contributed by atoms with Crippen LogP contribution < -0.4 is 16.8 Å². The zero-order chi connectivity index (χ0) is 22.0. The molecule has 3 heterocycles. The second kappa shape index (κ2) is 8.38. The number of carboxylic acids is 1. The Morgan fingerprint density at radius 2 is 1.81 bits per heavy atom. The SMILES string of the molecule is Nc1nc(N)c2nc(CNc3ccc(C(=O)N4CCC(C(=O)O)CC4)cc3)cnc2n1. The molecular weight excluding hydrogens is 400 g/mol. The van der Waals surface area contributed by atoms with Crippen LogP contribution in [0.25, 0.3) is 11.2 Å². The Hall–Kier alpha value is -4.02. The van der Waals surface area contributed by atoms with Gasteiger partial charge in [-0.05, 0) is 37.1 Å². The van der Waals surface area contributed by atoms with Crippen molar-refractivity contribution in [1.82, 2.24) is 24.8 Å². The van der Waals surface area contributed by atoms with Gasteiger partial charge >= 0.3 is 5.97 Å². The van der Waals surface area contributed by atoms with Gasteiger partial charge in [0.15, 0.2) is 17.0 Å². The number of aliphatic carboxylic acids is 1. The molecule has 1 aliphatic rings. The van der Waals surface area contributed by atoms with Crippen molar-refractivity contribution < 1.29 is 14.7 Å². The molecule has 1 saturated heterocycles. The first-order valence-corrected chi connectivity index (χ1v) is 9.81. The van der Waals surface area contributed by atoms with Gasteiger partial charge in [0.25, 0.3) is 5.91 Å². The fourth-order valence-corrected chi connectivity index (χ4v) is 3.50. The summed E-state index contributed by atoms with van der Waals surface area (Å²) < 4.78 is 0. The van der Waals surface area contributed by atoms with Gasteiger partial charge in [-0.1, -0.05) is 0 Å². The minimum absolute atomic E-state index is 0.0473. The molecule has 0 saturated carbocycles. The van der Waals surface area contributed by atoms with E-state index < -0.39 is 5.97 Å². The molecular formula is C20H22N8O3. The first-order chi connectivity index (χ1) is 14.9. The lowest BCUT2D eigenvalue weighted by Gasteiger charge is -2.30. The molecule has 11 nitrogen and oxygen atoms in total. The summed E-state index contributed by atoms with van der Waals surface area (Å²) in [5, 5.41) is 12.3. The molecule has 1 aromatic carbocycles. The van der Waals surface area contributed by atoms with E-state index in [1.54, 1.807) is 23.2 Å².